The normalized spacial score (nSPS) is 11.0. The highest BCUT2D eigenvalue weighted by atomic mass is 16.4. The standard InChI is InChI=1S/C20H17N3O3/c1-12-4-3-5-16-10-17(13(2)22-18(12)16)19(24)23-21-11-14-6-8-15(9-7-14)20(25)26/h3-11H,1-2H3,(H,23,24)(H,25,26)/p-1/b21-11+. The third-order valence-electron chi connectivity index (χ3n) is 4.01. The molecule has 6 heteroatoms. The van der Waals surface area contributed by atoms with Crippen LogP contribution in [0.5, 0.6) is 0 Å². The molecule has 3 rings (SSSR count). The van der Waals surface area contributed by atoms with E-state index in [1.165, 1.54) is 18.3 Å². The van der Waals surface area contributed by atoms with E-state index in [0.29, 0.717) is 16.8 Å². The van der Waals surface area contributed by atoms with E-state index in [4.69, 9.17) is 0 Å². The number of nitrogens with one attached hydrogen (secondary N) is 1. The van der Waals surface area contributed by atoms with Gasteiger partial charge in [0.1, 0.15) is 0 Å². The topological polar surface area (TPSA) is 94.5 Å². The summed E-state index contributed by atoms with van der Waals surface area (Å²) in [5.41, 5.74) is 6.20. The van der Waals surface area contributed by atoms with Crippen molar-refractivity contribution in [3.8, 4) is 0 Å². The van der Waals surface area contributed by atoms with Crippen LogP contribution >= 0.6 is 0 Å². The Hall–Kier alpha value is -3.54. The molecular weight excluding hydrogens is 330 g/mol. The molecule has 0 saturated heterocycles. The number of carbonyl (C=O) groups excluding carboxylic acids is 2. The molecule has 6 nitrogen and oxygen atoms in total. The lowest BCUT2D eigenvalue weighted by Crippen LogP contribution is -2.22. The molecule has 26 heavy (non-hydrogen) atoms. The van der Waals surface area contributed by atoms with E-state index >= 15 is 0 Å². The first-order valence-electron chi connectivity index (χ1n) is 7.97. The summed E-state index contributed by atoms with van der Waals surface area (Å²) >= 11 is 0. The maximum atomic E-state index is 12.4. The molecule has 1 N–H and O–H groups in total. The second-order valence-electron chi connectivity index (χ2n) is 5.88. The van der Waals surface area contributed by atoms with Crippen LogP contribution in [-0.4, -0.2) is 23.1 Å². The fourth-order valence-corrected chi connectivity index (χ4v) is 2.60. The summed E-state index contributed by atoms with van der Waals surface area (Å²) in [6.07, 6.45) is 1.44. The summed E-state index contributed by atoms with van der Waals surface area (Å²) < 4.78 is 0. The number of aromatic carboxylic acids is 1. The zero-order chi connectivity index (χ0) is 18.7. The molecule has 0 spiro atoms. The second kappa shape index (κ2) is 7.14. The van der Waals surface area contributed by atoms with Crippen LogP contribution in [0, 0.1) is 13.8 Å². The third kappa shape index (κ3) is 3.59. The van der Waals surface area contributed by atoms with Crippen molar-refractivity contribution < 1.29 is 14.7 Å². The number of carboxylic acids is 1. The summed E-state index contributed by atoms with van der Waals surface area (Å²) in [6, 6.07) is 13.6. The summed E-state index contributed by atoms with van der Waals surface area (Å²) in [7, 11) is 0. The number of aryl methyl sites for hydroxylation is 2. The van der Waals surface area contributed by atoms with E-state index in [0.717, 1.165) is 16.5 Å². The number of pyridine rings is 1. The van der Waals surface area contributed by atoms with Gasteiger partial charge in [-0.25, -0.2) is 5.43 Å². The molecule has 1 aromatic heterocycles. The zero-order valence-corrected chi connectivity index (χ0v) is 14.3. The number of rotatable bonds is 4. The van der Waals surface area contributed by atoms with Crippen LogP contribution in [0.4, 0.5) is 0 Å². The van der Waals surface area contributed by atoms with Crippen molar-refractivity contribution in [3.63, 3.8) is 0 Å². The van der Waals surface area contributed by atoms with Gasteiger partial charge in [0.15, 0.2) is 0 Å². The Kier molecular flexibility index (Phi) is 4.75. The van der Waals surface area contributed by atoms with Crippen LogP contribution in [0.2, 0.25) is 0 Å². The number of carboxylic acid groups (broad SMARTS) is 1. The molecule has 2 aromatic carbocycles. The Morgan fingerprint density at radius 3 is 2.54 bits per heavy atom. The van der Waals surface area contributed by atoms with Gasteiger partial charge in [0.25, 0.3) is 5.91 Å². The fraction of sp³-hybridized carbons (Fsp3) is 0.100. The van der Waals surface area contributed by atoms with Crippen LogP contribution in [0.15, 0.2) is 53.6 Å². The molecule has 0 unspecified atom stereocenters. The number of benzene rings is 2. The SMILES string of the molecule is Cc1nc2c(C)cccc2cc1C(=O)N/N=C/c1ccc(C(=O)[O-])cc1. The van der Waals surface area contributed by atoms with Crippen LogP contribution in [0.1, 0.15) is 37.5 Å². The van der Waals surface area contributed by atoms with Crippen molar-refractivity contribution in [2.75, 3.05) is 0 Å². The average molecular weight is 346 g/mol. The number of fused-ring (bicyclic) bond motifs is 1. The van der Waals surface area contributed by atoms with E-state index in [1.54, 1.807) is 25.1 Å². The van der Waals surface area contributed by atoms with Crippen LogP contribution in [0.25, 0.3) is 10.9 Å². The molecule has 130 valence electrons. The number of hydrogen-bond acceptors (Lipinski definition) is 5. The van der Waals surface area contributed by atoms with Gasteiger partial charge in [-0.1, -0.05) is 42.5 Å². The van der Waals surface area contributed by atoms with Gasteiger partial charge in [-0.3, -0.25) is 9.78 Å². The number of hydrazone groups is 1. The number of aromatic nitrogens is 1. The lowest BCUT2D eigenvalue weighted by molar-refractivity contribution is -0.255. The van der Waals surface area contributed by atoms with E-state index in [9.17, 15) is 14.7 Å². The lowest BCUT2D eigenvalue weighted by Gasteiger charge is -2.07. The molecule has 0 aliphatic heterocycles. The summed E-state index contributed by atoms with van der Waals surface area (Å²) in [5, 5.41) is 15.5. The fourth-order valence-electron chi connectivity index (χ4n) is 2.60. The molecule has 0 aliphatic rings. The molecule has 0 fully saturated rings. The highest BCUT2D eigenvalue weighted by molar-refractivity contribution is 5.99. The summed E-state index contributed by atoms with van der Waals surface area (Å²) in [6.45, 7) is 3.76. The molecule has 0 radical (unpaired) electrons. The predicted octanol–water partition coefficient (Wildman–Crippen LogP) is 1.98. The van der Waals surface area contributed by atoms with Gasteiger partial charge < -0.3 is 9.90 Å². The van der Waals surface area contributed by atoms with Crippen molar-refractivity contribution in [3.05, 3.63) is 76.5 Å². The van der Waals surface area contributed by atoms with Gasteiger partial charge in [-0.15, -0.1) is 0 Å². The Labute approximate surface area is 150 Å². The largest absolute Gasteiger partial charge is 0.545 e. The van der Waals surface area contributed by atoms with E-state index < -0.39 is 5.97 Å². The highest BCUT2D eigenvalue weighted by Crippen LogP contribution is 2.19. The molecule has 0 bridgehead atoms. The molecule has 0 aliphatic carbocycles. The minimum atomic E-state index is -1.24. The summed E-state index contributed by atoms with van der Waals surface area (Å²) in [5.74, 6) is -1.60. The first-order chi connectivity index (χ1) is 12.5. The van der Waals surface area contributed by atoms with Gasteiger partial charge >= 0.3 is 0 Å². The number of carbonyl (C=O) groups is 2. The Morgan fingerprint density at radius 1 is 1.12 bits per heavy atom. The van der Waals surface area contributed by atoms with Crippen molar-refractivity contribution in [1.29, 1.82) is 0 Å². The first-order valence-corrected chi connectivity index (χ1v) is 7.97. The van der Waals surface area contributed by atoms with Crippen LogP contribution in [0.3, 0.4) is 0 Å². The molecule has 1 amide bonds. The number of para-hydroxylation sites is 1. The predicted molar refractivity (Wildman–Crippen MR) is 97.0 cm³/mol. The average Bonchev–Trinajstić information content (AvgIpc) is 2.62. The number of amides is 1. The van der Waals surface area contributed by atoms with Crippen LogP contribution < -0.4 is 10.5 Å². The Morgan fingerprint density at radius 2 is 1.85 bits per heavy atom. The summed E-state index contributed by atoms with van der Waals surface area (Å²) in [4.78, 5) is 27.6. The van der Waals surface area contributed by atoms with Gasteiger partial charge in [-0.05, 0) is 36.6 Å². The Bertz CT molecular complexity index is 1020. The molecule has 1 heterocycles. The van der Waals surface area contributed by atoms with E-state index in [2.05, 4.69) is 15.5 Å². The molecule has 3 aromatic rings. The quantitative estimate of drug-likeness (QED) is 0.577. The third-order valence-corrected chi connectivity index (χ3v) is 4.01. The van der Waals surface area contributed by atoms with Crippen LogP contribution in [-0.2, 0) is 0 Å². The monoisotopic (exact) mass is 346 g/mol. The molecule has 0 atom stereocenters. The number of hydrogen-bond donors (Lipinski definition) is 1. The molecule has 0 saturated carbocycles. The Balaban J connectivity index is 1.76. The molecular formula is C20H16N3O3-. The van der Waals surface area contributed by atoms with Gasteiger partial charge in [-0.2, -0.15) is 5.10 Å². The first kappa shape index (κ1) is 17.3. The van der Waals surface area contributed by atoms with Gasteiger partial charge in [0.2, 0.25) is 0 Å². The van der Waals surface area contributed by atoms with Gasteiger partial charge in [0.05, 0.1) is 29.0 Å². The van der Waals surface area contributed by atoms with Crippen molar-refractivity contribution in [2.45, 2.75) is 13.8 Å². The highest BCUT2D eigenvalue weighted by Gasteiger charge is 2.11. The van der Waals surface area contributed by atoms with E-state index in [1.807, 2.05) is 25.1 Å². The minimum absolute atomic E-state index is 0.0827. The smallest absolute Gasteiger partial charge is 0.273 e. The minimum Gasteiger partial charge on any atom is -0.545 e. The maximum absolute atomic E-state index is 12.4. The lowest BCUT2D eigenvalue weighted by atomic mass is 10.1. The van der Waals surface area contributed by atoms with E-state index in [-0.39, 0.29) is 11.5 Å². The van der Waals surface area contributed by atoms with Gasteiger partial charge in [0, 0.05) is 5.39 Å². The second-order valence-corrected chi connectivity index (χ2v) is 5.88. The zero-order valence-electron chi connectivity index (χ0n) is 14.3. The van der Waals surface area contributed by atoms with Crippen molar-refractivity contribution >= 4 is 29.0 Å². The maximum Gasteiger partial charge on any atom is 0.273 e. The number of nitrogens with zero attached hydrogens (tertiary/aromatic N) is 2. The van der Waals surface area contributed by atoms with Crippen molar-refractivity contribution in [2.24, 2.45) is 5.10 Å². The van der Waals surface area contributed by atoms with Crippen molar-refractivity contribution in [1.82, 2.24) is 10.4 Å².